The molecule has 1 amide bonds. The number of hydrogen-bond donors (Lipinski definition) is 2. The van der Waals surface area contributed by atoms with Crippen LogP contribution < -0.4 is 10.2 Å². The number of likely N-dealkylation sites (N-methyl/N-ethyl adjacent to an activating group) is 1. The summed E-state index contributed by atoms with van der Waals surface area (Å²) in [5.74, 6) is 1.17. The Hall–Kier alpha value is -1.73. The first-order valence-corrected chi connectivity index (χ1v) is 8.08. The first-order valence-electron chi connectivity index (χ1n) is 7.29. The topological polar surface area (TPSA) is 72.5 Å². The van der Waals surface area contributed by atoms with Gasteiger partial charge in [0.25, 0.3) is 11.8 Å². The fourth-order valence-electron chi connectivity index (χ4n) is 2.17. The van der Waals surface area contributed by atoms with Gasteiger partial charge in [0.1, 0.15) is 0 Å². The van der Waals surface area contributed by atoms with Crippen LogP contribution in [-0.4, -0.2) is 35.7 Å². The number of benzene rings is 1. The molecule has 1 aliphatic carbocycles. The van der Waals surface area contributed by atoms with Gasteiger partial charge in [0.05, 0.1) is 7.05 Å². The molecule has 0 radical (unpaired) electrons. The Morgan fingerprint density at radius 2 is 2.32 bits per heavy atom. The summed E-state index contributed by atoms with van der Waals surface area (Å²) in [5.41, 5.74) is 0.897. The predicted molar refractivity (Wildman–Crippen MR) is 84.1 cm³/mol. The second-order valence-electron chi connectivity index (χ2n) is 5.67. The third-order valence-corrected chi connectivity index (χ3v) is 3.90. The molecule has 1 heterocycles. The lowest BCUT2D eigenvalue weighted by molar-refractivity contribution is -0.886. The van der Waals surface area contributed by atoms with Gasteiger partial charge in [-0.2, -0.15) is 4.98 Å². The molecule has 116 valence electrons. The van der Waals surface area contributed by atoms with Gasteiger partial charge in [-0.3, -0.25) is 4.79 Å². The smallest absolute Gasteiger partial charge is 0.282 e. The number of nitrogens with zero attached hydrogens (tertiary/aromatic N) is 2. The molecular weight excluding hydrogens is 348 g/mol. The quantitative estimate of drug-likeness (QED) is 0.793. The van der Waals surface area contributed by atoms with Crippen molar-refractivity contribution in [2.45, 2.75) is 25.4 Å². The average Bonchev–Trinajstić information content (AvgIpc) is 3.14. The molecule has 7 heteroatoms. The van der Waals surface area contributed by atoms with Crippen LogP contribution in [0.15, 0.2) is 33.3 Å². The molecule has 0 bridgehead atoms. The molecular formula is C15H18BrN4O2+. The lowest BCUT2D eigenvalue weighted by atomic mass is 10.2. The summed E-state index contributed by atoms with van der Waals surface area (Å²) in [7, 11) is 1.94. The highest BCUT2D eigenvalue weighted by molar-refractivity contribution is 9.10. The highest BCUT2D eigenvalue weighted by atomic mass is 79.9. The number of hydrogen-bond acceptors (Lipinski definition) is 4. The Balaban J connectivity index is 1.57. The Morgan fingerprint density at radius 3 is 3.05 bits per heavy atom. The molecule has 3 rings (SSSR count). The van der Waals surface area contributed by atoms with Crippen LogP contribution in [0.5, 0.6) is 0 Å². The van der Waals surface area contributed by atoms with Crippen LogP contribution in [0, 0.1) is 0 Å². The molecule has 0 saturated heterocycles. The highest BCUT2D eigenvalue weighted by Gasteiger charge is 2.25. The number of carbonyl (C=O) groups is 1. The molecule has 6 nitrogen and oxygen atoms in total. The second kappa shape index (κ2) is 6.58. The maximum Gasteiger partial charge on any atom is 0.282 e. The van der Waals surface area contributed by atoms with Crippen molar-refractivity contribution in [3.63, 3.8) is 0 Å². The summed E-state index contributed by atoms with van der Waals surface area (Å²) < 4.78 is 6.24. The molecule has 1 atom stereocenters. The van der Waals surface area contributed by atoms with E-state index in [9.17, 15) is 4.79 Å². The van der Waals surface area contributed by atoms with E-state index in [1.807, 2.05) is 31.3 Å². The summed E-state index contributed by atoms with van der Waals surface area (Å²) in [5, 5.41) is 6.97. The van der Waals surface area contributed by atoms with E-state index in [2.05, 4.69) is 31.4 Å². The van der Waals surface area contributed by atoms with Gasteiger partial charge < -0.3 is 14.7 Å². The monoisotopic (exact) mass is 365 g/mol. The molecule has 2 N–H and O–H groups in total. The number of amides is 1. The van der Waals surface area contributed by atoms with Crippen LogP contribution in [0.25, 0.3) is 11.4 Å². The molecule has 1 aromatic carbocycles. The second-order valence-corrected chi connectivity index (χ2v) is 6.59. The third kappa shape index (κ3) is 4.14. The van der Waals surface area contributed by atoms with Crippen LogP contribution in [0.4, 0.5) is 0 Å². The van der Waals surface area contributed by atoms with Crippen molar-refractivity contribution in [2.24, 2.45) is 0 Å². The van der Waals surface area contributed by atoms with Crippen LogP contribution in [0.3, 0.4) is 0 Å². The minimum Gasteiger partial charge on any atom is -0.348 e. The summed E-state index contributed by atoms with van der Waals surface area (Å²) >= 11 is 3.42. The highest BCUT2D eigenvalue weighted by Crippen LogP contribution is 2.20. The minimum absolute atomic E-state index is 0.0757. The van der Waals surface area contributed by atoms with E-state index in [0.717, 1.165) is 27.8 Å². The standard InChI is InChI=1S/C15H17BrN4O2/c1-20(8-13(21)17-12-5-6-12)9-14-18-15(19-22-14)10-3-2-4-11(16)7-10/h2-4,7,12H,5-6,8-9H2,1H3,(H,17,21)/p+1. The number of nitrogens with one attached hydrogen (secondary N) is 2. The zero-order valence-corrected chi connectivity index (χ0v) is 13.9. The molecule has 0 spiro atoms. The first kappa shape index (κ1) is 15.2. The lowest BCUT2D eigenvalue weighted by Gasteiger charge is -2.10. The largest absolute Gasteiger partial charge is 0.348 e. The zero-order chi connectivity index (χ0) is 15.5. The molecule has 1 fully saturated rings. The van der Waals surface area contributed by atoms with Crippen molar-refractivity contribution >= 4 is 21.8 Å². The molecule has 1 unspecified atom stereocenters. The van der Waals surface area contributed by atoms with Gasteiger partial charge >= 0.3 is 0 Å². The zero-order valence-electron chi connectivity index (χ0n) is 12.3. The number of halogens is 1. The molecule has 22 heavy (non-hydrogen) atoms. The van der Waals surface area contributed by atoms with E-state index in [0.29, 0.717) is 30.8 Å². The van der Waals surface area contributed by atoms with Crippen molar-refractivity contribution in [3.05, 3.63) is 34.6 Å². The van der Waals surface area contributed by atoms with Crippen LogP contribution >= 0.6 is 15.9 Å². The van der Waals surface area contributed by atoms with E-state index in [1.54, 1.807) is 0 Å². The lowest BCUT2D eigenvalue weighted by Crippen LogP contribution is -3.09. The molecule has 2 aromatic rings. The molecule has 1 saturated carbocycles. The number of aromatic nitrogens is 2. The fourth-order valence-corrected chi connectivity index (χ4v) is 2.57. The van der Waals surface area contributed by atoms with Gasteiger partial charge in [-0.05, 0) is 25.0 Å². The van der Waals surface area contributed by atoms with Gasteiger partial charge in [-0.1, -0.05) is 33.2 Å². The SMILES string of the molecule is C[NH+](CC(=O)NC1CC1)Cc1nc(-c2cccc(Br)c2)no1. The van der Waals surface area contributed by atoms with Crippen LogP contribution in [0.2, 0.25) is 0 Å². The summed E-state index contributed by atoms with van der Waals surface area (Å²) in [6.45, 7) is 0.935. The Kier molecular flexibility index (Phi) is 4.54. The number of quaternary nitrogens is 1. The predicted octanol–water partition coefficient (Wildman–Crippen LogP) is 0.792. The van der Waals surface area contributed by atoms with Gasteiger partial charge in [0.15, 0.2) is 13.1 Å². The Bertz CT molecular complexity index is 669. The molecule has 0 aliphatic heterocycles. The maximum absolute atomic E-state index is 11.8. The summed E-state index contributed by atoms with van der Waals surface area (Å²) in [4.78, 5) is 17.2. The fraction of sp³-hybridized carbons (Fsp3) is 0.400. The van der Waals surface area contributed by atoms with Crippen molar-refractivity contribution in [3.8, 4) is 11.4 Å². The van der Waals surface area contributed by atoms with Gasteiger partial charge in [-0.25, -0.2) is 0 Å². The number of carbonyl (C=O) groups excluding carboxylic acids is 1. The Morgan fingerprint density at radius 1 is 1.50 bits per heavy atom. The van der Waals surface area contributed by atoms with Crippen molar-refractivity contribution in [1.29, 1.82) is 0 Å². The molecule has 1 aromatic heterocycles. The third-order valence-electron chi connectivity index (χ3n) is 3.41. The Labute approximate surface area is 137 Å². The minimum atomic E-state index is 0.0757. The van der Waals surface area contributed by atoms with E-state index in [4.69, 9.17) is 4.52 Å². The van der Waals surface area contributed by atoms with Crippen LogP contribution in [-0.2, 0) is 11.3 Å². The number of rotatable bonds is 6. The normalized spacial score (nSPS) is 15.5. The van der Waals surface area contributed by atoms with Crippen molar-refractivity contribution in [1.82, 2.24) is 15.5 Å². The summed E-state index contributed by atoms with van der Waals surface area (Å²) in [6.07, 6.45) is 2.20. The van der Waals surface area contributed by atoms with Gasteiger partial charge in [-0.15, -0.1) is 0 Å². The van der Waals surface area contributed by atoms with Crippen molar-refractivity contribution < 1.29 is 14.2 Å². The van der Waals surface area contributed by atoms with Gasteiger partial charge in [0.2, 0.25) is 5.82 Å². The van der Waals surface area contributed by atoms with E-state index in [1.165, 1.54) is 0 Å². The average molecular weight is 366 g/mol. The van der Waals surface area contributed by atoms with Gasteiger partial charge in [0, 0.05) is 16.1 Å². The van der Waals surface area contributed by atoms with Crippen LogP contribution in [0.1, 0.15) is 18.7 Å². The maximum atomic E-state index is 11.8. The molecule has 1 aliphatic rings. The first-order chi connectivity index (χ1) is 10.6. The van der Waals surface area contributed by atoms with E-state index >= 15 is 0 Å². The van der Waals surface area contributed by atoms with Crippen molar-refractivity contribution in [2.75, 3.05) is 13.6 Å². The van der Waals surface area contributed by atoms with E-state index in [-0.39, 0.29) is 5.91 Å². The summed E-state index contributed by atoms with van der Waals surface area (Å²) in [6, 6.07) is 8.13. The van der Waals surface area contributed by atoms with E-state index < -0.39 is 0 Å².